The average Bonchev–Trinajstić information content (AvgIpc) is 2.80. The minimum Gasteiger partial charge on any atom is -0.493 e. The Morgan fingerprint density at radius 2 is 1.75 bits per heavy atom. The number of nitrogens with one attached hydrogen (secondary N) is 1. The van der Waals surface area contributed by atoms with Crippen molar-refractivity contribution in [3.63, 3.8) is 0 Å². The van der Waals surface area contributed by atoms with Gasteiger partial charge in [0.2, 0.25) is 15.9 Å². The van der Waals surface area contributed by atoms with E-state index in [1.807, 2.05) is 25.3 Å². The molecule has 0 aromatic heterocycles. The summed E-state index contributed by atoms with van der Waals surface area (Å²) in [5, 5.41) is 0. The molecule has 3 rings (SSSR count). The van der Waals surface area contributed by atoms with Crippen LogP contribution in [0, 0.1) is 6.92 Å². The van der Waals surface area contributed by atoms with E-state index in [2.05, 4.69) is 4.72 Å². The van der Waals surface area contributed by atoms with E-state index in [1.165, 1.54) is 0 Å². The smallest absolute Gasteiger partial charge is 0.241 e. The third kappa shape index (κ3) is 5.57. The van der Waals surface area contributed by atoms with Gasteiger partial charge in [-0.25, -0.2) is 8.42 Å². The van der Waals surface area contributed by atoms with Gasteiger partial charge in [0.1, 0.15) is 6.04 Å². The molecule has 0 fully saturated rings. The van der Waals surface area contributed by atoms with E-state index in [0.717, 1.165) is 16.7 Å². The topological polar surface area (TPSA) is 84.9 Å². The summed E-state index contributed by atoms with van der Waals surface area (Å²) in [6, 6.07) is 9.63. The van der Waals surface area contributed by atoms with E-state index < -0.39 is 16.1 Å². The van der Waals surface area contributed by atoms with Gasteiger partial charge in [0.05, 0.1) is 19.1 Å². The van der Waals surface area contributed by atoms with Gasteiger partial charge in [-0.3, -0.25) is 4.79 Å². The van der Waals surface area contributed by atoms with Gasteiger partial charge in [-0.15, -0.1) is 0 Å². The molecule has 0 saturated carbocycles. The van der Waals surface area contributed by atoms with E-state index >= 15 is 0 Å². The first kappa shape index (κ1) is 24.4. The molecule has 9 heteroatoms. The molecule has 1 N–H and O–H groups in total. The second-order valence-corrected chi connectivity index (χ2v) is 10.5. The highest BCUT2D eigenvalue weighted by Crippen LogP contribution is 2.33. The lowest BCUT2D eigenvalue weighted by Gasteiger charge is -2.32. The minimum atomic E-state index is -3.81. The number of sulfonamides is 1. The molecule has 0 unspecified atom stereocenters. The number of hydrogen-bond donors (Lipinski definition) is 1. The van der Waals surface area contributed by atoms with Crippen molar-refractivity contribution in [3.8, 4) is 11.5 Å². The van der Waals surface area contributed by atoms with Crippen LogP contribution < -0.4 is 14.2 Å². The molecule has 1 aliphatic heterocycles. The number of ether oxygens (including phenoxy) is 2. The lowest BCUT2D eigenvalue weighted by atomic mass is 9.98. The number of hydrogen-bond acceptors (Lipinski definition) is 6. The third-order valence-corrected chi connectivity index (χ3v) is 7.70. The van der Waals surface area contributed by atoms with E-state index in [0.29, 0.717) is 43.2 Å². The zero-order valence-corrected chi connectivity index (χ0v) is 20.5. The molecule has 174 valence electrons. The molecule has 1 aliphatic rings. The van der Waals surface area contributed by atoms with E-state index in [1.54, 1.807) is 55.1 Å². The van der Waals surface area contributed by atoms with Crippen LogP contribution in [0.3, 0.4) is 0 Å². The molecular formula is C23H30N2O5S2. The minimum absolute atomic E-state index is 0.158. The maximum atomic E-state index is 13.4. The summed E-state index contributed by atoms with van der Waals surface area (Å²) in [4.78, 5) is 15.3. The summed E-state index contributed by atoms with van der Waals surface area (Å²) in [5.74, 6) is 1.73. The quantitative estimate of drug-likeness (QED) is 0.597. The second kappa shape index (κ2) is 10.6. The molecule has 2 aromatic rings. The fourth-order valence-electron chi connectivity index (χ4n) is 3.73. The van der Waals surface area contributed by atoms with E-state index in [4.69, 9.17) is 9.47 Å². The number of rotatable bonds is 9. The summed E-state index contributed by atoms with van der Waals surface area (Å²) >= 11 is 1.58. The van der Waals surface area contributed by atoms with E-state index in [-0.39, 0.29) is 10.8 Å². The van der Waals surface area contributed by atoms with Crippen LogP contribution >= 0.6 is 11.8 Å². The molecular weight excluding hydrogens is 448 g/mol. The number of fused-ring (bicyclic) bond motifs is 1. The first-order chi connectivity index (χ1) is 15.3. The second-order valence-electron chi connectivity index (χ2n) is 7.75. The largest absolute Gasteiger partial charge is 0.493 e. The summed E-state index contributed by atoms with van der Waals surface area (Å²) < 4.78 is 39.3. The van der Waals surface area contributed by atoms with Crippen molar-refractivity contribution >= 4 is 27.7 Å². The average molecular weight is 479 g/mol. The van der Waals surface area contributed by atoms with Crippen molar-refractivity contribution in [2.75, 3.05) is 32.8 Å². The number of methoxy groups -OCH3 is 2. The summed E-state index contributed by atoms with van der Waals surface area (Å²) in [7, 11) is -0.640. The van der Waals surface area contributed by atoms with Gasteiger partial charge in [-0.1, -0.05) is 17.7 Å². The van der Waals surface area contributed by atoms with Crippen molar-refractivity contribution in [2.45, 2.75) is 37.2 Å². The van der Waals surface area contributed by atoms with Crippen LogP contribution in [0.1, 0.15) is 23.1 Å². The molecule has 0 radical (unpaired) electrons. The Labute approximate surface area is 194 Å². The lowest BCUT2D eigenvalue weighted by Crippen LogP contribution is -2.50. The molecule has 0 aliphatic carbocycles. The Kier molecular flexibility index (Phi) is 8.08. The van der Waals surface area contributed by atoms with Crippen molar-refractivity contribution in [3.05, 3.63) is 53.1 Å². The number of nitrogens with zero attached hydrogens (tertiary/aromatic N) is 1. The summed E-state index contributed by atoms with van der Waals surface area (Å²) in [6.45, 7) is 2.81. The van der Waals surface area contributed by atoms with Gasteiger partial charge in [0.25, 0.3) is 0 Å². The van der Waals surface area contributed by atoms with Crippen LogP contribution in [0.2, 0.25) is 0 Å². The van der Waals surface area contributed by atoms with Gasteiger partial charge >= 0.3 is 0 Å². The maximum absolute atomic E-state index is 13.4. The van der Waals surface area contributed by atoms with Crippen molar-refractivity contribution in [1.29, 1.82) is 0 Å². The Morgan fingerprint density at radius 3 is 2.34 bits per heavy atom. The number of amides is 1. The fourth-order valence-corrected chi connectivity index (χ4v) is 5.43. The van der Waals surface area contributed by atoms with Gasteiger partial charge in [0, 0.05) is 13.1 Å². The molecule has 0 bridgehead atoms. The molecule has 1 atom stereocenters. The van der Waals surface area contributed by atoms with Gasteiger partial charge < -0.3 is 14.4 Å². The maximum Gasteiger partial charge on any atom is 0.241 e. The highest BCUT2D eigenvalue weighted by atomic mass is 32.2. The first-order valence-corrected chi connectivity index (χ1v) is 13.3. The standard InChI is InChI=1S/C23H30N2O5S2/c1-16-5-7-19(8-6-16)32(27,28)24-20(10-12-31-4)23(26)25-11-9-17-13-21(29-2)22(30-3)14-18(17)15-25/h5-8,13-14,20,24H,9-12,15H2,1-4H3/t20-/m1/s1. The molecule has 2 aromatic carbocycles. The number of thioether (sulfide) groups is 1. The summed E-state index contributed by atoms with van der Waals surface area (Å²) in [5.41, 5.74) is 3.05. The van der Waals surface area contributed by atoms with E-state index in [9.17, 15) is 13.2 Å². The number of carbonyl (C=O) groups is 1. The van der Waals surface area contributed by atoms with Crippen molar-refractivity contribution < 1.29 is 22.7 Å². The fraction of sp³-hybridized carbons (Fsp3) is 0.435. The Hall–Kier alpha value is -2.23. The third-order valence-electron chi connectivity index (χ3n) is 5.57. The molecule has 1 amide bonds. The lowest BCUT2D eigenvalue weighted by molar-refractivity contribution is -0.134. The molecule has 32 heavy (non-hydrogen) atoms. The predicted octanol–water partition coefficient (Wildman–Crippen LogP) is 3.00. The first-order valence-electron chi connectivity index (χ1n) is 10.4. The van der Waals surface area contributed by atoms with Crippen molar-refractivity contribution in [1.82, 2.24) is 9.62 Å². The van der Waals surface area contributed by atoms with Gasteiger partial charge in [0.15, 0.2) is 11.5 Å². The van der Waals surface area contributed by atoms with Crippen LogP contribution in [0.5, 0.6) is 11.5 Å². The van der Waals surface area contributed by atoms with Crippen LogP contribution in [0.25, 0.3) is 0 Å². The SMILES string of the molecule is COc1cc2c(cc1OC)CN(C(=O)[C@@H](CCSC)NS(=O)(=O)c1ccc(C)cc1)CC2. The van der Waals surface area contributed by atoms with Gasteiger partial charge in [-0.2, -0.15) is 16.5 Å². The van der Waals surface area contributed by atoms with Crippen molar-refractivity contribution in [2.24, 2.45) is 0 Å². The summed E-state index contributed by atoms with van der Waals surface area (Å²) in [6.07, 6.45) is 3.02. The zero-order chi connectivity index (χ0) is 23.3. The molecule has 0 saturated heterocycles. The van der Waals surface area contributed by atoms with Gasteiger partial charge in [-0.05, 0) is 67.2 Å². The molecule has 7 nitrogen and oxygen atoms in total. The highest BCUT2D eigenvalue weighted by molar-refractivity contribution is 7.98. The molecule has 1 heterocycles. The van der Waals surface area contributed by atoms with Crippen LogP contribution in [0.15, 0.2) is 41.3 Å². The van der Waals surface area contributed by atoms with Crippen LogP contribution in [-0.2, 0) is 27.8 Å². The highest BCUT2D eigenvalue weighted by Gasteiger charge is 2.31. The monoisotopic (exact) mass is 478 g/mol. The number of carbonyl (C=O) groups excluding carboxylic acids is 1. The molecule has 0 spiro atoms. The van der Waals surface area contributed by atoms with Crippen LogP contribution in [0.4, 0.5) is 0 Å². The normalized spacial score (nSPS) is 14.6. The Bertz CT molecular complexity index is 1050. The van der Waals surface area contributed by atoms with Crippen LogP contribution in [-0.4, -0.2) is 58.0 Å². The Morgan fingerprint density at radius 1 is 1.12 bits per heavy atom. The Balaban J connectivity index is 1.81. The predicted molar refractivity (Wildman–Crippen MR) is 127 cm³/mol. The number of benzene rings is 2. The number of aryl methyl sites for hydroxylation is 1. The zero-order valence-electron chi connectivity index (χ0n) is 18.9.